The van der Waals surface area contributed by atoms with Crippen LogP contribution in [0, 0.1) is 0 Å². The molecule has 0 aromatic carbocycles. The summed E-state index contributed by atoms with van der Waals surface area (Å²) >= 11 is 0. The second-order valence-corrected chi connectivity index (χ2v) is 3.49. The van der Waals surface area contributed by atoms with Crippen molar-refractivity contribution in [1.29, 1.82) is 0 Å². The first-order valence-corrected chi connectivity index (χ1v) is 4.48. The molecule has 0 spiro atoms. The number of rotatable bonds is 4. The Bertz CT molecular complexity index is 134. The predicted molar refractivity (Wildman–Crippen MR) is 51.5 cm³/mol. The van der Waals surface area contributed by atoms with Crippen LogP contribution in [0.1, 0.15) is 47.0 Å². The minimum atomic E-state index is 0.307. The van der Waals surface area contributed by atoms with E-state index in [-0.39, 0.29) is 0 Å². The monoisotopic (exact) mass is 155 g/mol. The maximum absolute atomic E-state index is 5.69. The summed E-state index contributed by atoms with van der Waals surface area (Å²) in [6.07, 6.45) is 3.51. The smallest absolute Gasteiger partial charge is 0.00476 e. The zero-order chi connectivity index (χ0) is 8.85. The lowest BCUT2D eigenvalue weighted by Crippen LogP contribution is -2.15. The Hall–Kier alpha value is -0.300. The van der Waals surface area contributed by atoms with Gasteiger partial charge in [0.05, 0.1) is 0 Å². The van der Waals surface area contributed by atoms with Crippen molar-refractivity contribution in [3.63, 3.8) is 0 Å². The summed E-state index contributed by atoms with van der Waals surface area (Å²) in [5.41, 5.74) is 8.69. The molecule has 0 aliphatic heterocycles. The van der Waals surface area contributed by atoms with E-state index < -0.39 is 0 Å². The summed E-state index contributed by atoms with van der Waals surface area (Å²) in [6, 6.07) is 0.307. The average Bonchev–Trinajstić information content (AvgIpc) is 1.86. The third-order valence-corrected chi connectivity index (χ3v) is 1.98. The standard InChI is InChI=1S/C10H21N/c1-5-6-8(2)9(3)7-10(4)11/h10H,5-7,11H2,1-4H3. The number of nitrogens with two attached hydrogens (primary N) is 1. The summed E-state index contributed by atoms with van der Waals surface area (Å²) in [4.78, 5) is 0. The SMILES string of the molecule is CCCC(C)=C(C)CC(C)N. The molecule has 0 saturated heterocycles. The minimum Gasteiger partial charge on any atom is -0.328 e. The van der Waals surface area contributed by atoms with Gasteiger partial charge in [-0.05, 0) is 33.6 Å². The first-order chi connectivity index (χ1) is 5.07. The fourth-order valence-corrected chi connectivity index (χ4v) is 1.25. The third kappa shape index (κ3) is 5.02. The average molecular weight is 155 g/mol. The van der Waals surface area contributed by atoms with Gasteiger partial charge in [-0.25, -0.2) is 0 Å². The molecule has 0 heterocycles. The van der Waals surface area contributed by atoms with Crippen molar-refractivity contribution < 1.29 is 0 Å². The molecule has 66 valence electrons. The highest BCUT2D eigenvalue weighted by Gasteiger charge is 1.99. The molecule has 1 nitrogen and oxygen atoms in total. The van der Waals surface area contributed by atoms with E-state index in [0.29, 0.717) is 6.04 Å². The molecular formula is C10H21N. The molecule has 0 amide bonds. The molecule has 0 aliphatic rings. The Kier molecular flexibility index (Phi) is 5.22. The van der Waals surface area contributed by atoms with Gasteiger partial charge in [-0.15, -0.1) is 0 Å². The summed E-state index contributed by atoms with van der Waals surface area (Å²) in [5.74, 6) is 0. The fraction of sp³-hybridized carbons (Fsp3) is 0.800. The summed E-state index contributed by atoms with van der Waals surface area (Å²) < 4.78 is 0. The van der Waals surface area contributed by atoms with Gasteiger partial charge in [0.15, 0.2) is 0 Å². The second kappa shape index (κ2) is 5.36. The quantitative estimate of drug-likeness (QED) is 0.621. The van der Waals surface area contributed by atoms with Crippen molar-refractivity contribution >= 4 is 0 Å². The normalized spacial score (nSPS) is 16.1. The Morgan fingerprint density at radius 3 is 2.18 bits per heavy atom. The molecule has 0 saturated carbocycles. The minimum absolute atomic E-state index is 0.307. The van der Waals surface area contributed by atoms with E-state index in [2.05, 4.69) is 27.7 Å². The van der Waals surface area contributed by atoms with Crippen LogP contribution < -0.4 is 5.73 Å². The van der Waals surface area contributed by atoms with Crippen LogP contribution in [0.3, 0.4) is 0 Å². The van der Waals surface area contributed by atoms with E-state index in [0.717, 1.165) is 6.42 Å². The highest BCUT2D eigenvalue weighted by atomic mass is 14.6. The Labute approximate surface area is 70.7 Å². The van der Waals surface area contributed by atoms with Gasteiger partial charge in [-0.3, -0.25) is 0 Å². The van der Waals surface area contributed by atoms with Crippen molar-refractivity contribution in [1.82, 2.24) is 0 Å². The maximum Gasteiger partial charge on any atom is 0.00476 e. The van der Waals surface area contributed by atoms with Gasteiger partial charge in [0.25, 0.3) is 0 Å². The van der Waals surface area contributed by atoms with Gasteiger partial charge in [-0.1, -0.05) is 24.5 Å². The molecular weight excluding hydrogens is 134 g/mol. The molecule has 0 aliphatic carbocycles. The van der Waals surface area contributed by atoms with Gasteiger partial charge in [-0.2, -0.15) is 0 Å². The van der Waals surface area contributed by atoms with Crippen LogP contribution in [-0.4, -0.2) is 6.04 Å². The van der Waals surface area contributed by atoms with Gasteiger partial charge < -0.3 is 5.73 Å². The second-order valence-electron chi connectivity index (χ2n) is 3.49. The molecule has 0 radical (unpaired) electrons. The topological polar surface area (TPSA) is 26.0 Å². The predicted octanol–water partition coefficient (Wildman–Crippen LogP) is 2.86. The molecule has 1 unspecified atom stereocenters. The first-order valence-electron chi connectivity index (χ1n) is 4.48. The van der Waals surface area contributed by atoms with Crippen molar-refractivity contribution in [2.45, 2.75) is 53.0 Å². The zero-order valence-corrected chi connectivity index (χ0v) is 8.28. The van der Waals surface area contributed by atoms with Crippen LogP contribution >= 0.6 is 0 Å². The van der Waals surface area contributed by atoms with Crippen LogP contribution in [0.15, 0.2) is 11.1 Å². The lowest BCUT2D eigenvalue weighted by Gasteiger charge is -2.09. The van der Waals surface area contributed by atoms with Crippen molar-refractivity contribution in [2.24, 2.45) is 5.73 Å². The van der Waals surface area contributed by atoms with Crippen LogP contribution in [0.5, 0.6) is 0 Å². The number of allylic oxidation sites excluding steroid dienone is 1. The molecule has 0 aromatic rings. The molecule has 2 N–H and O–H groups in total. The lowest BCUT2D eigenvalue weighted by atomic mass is 10.0. The maximum atomic E-state index is 5.69. The molecule has 0 rings (SSSR count). The van der Waals surface area contributed by atoms with Gasteiger partial charge in [0.1, 0.15) is 0 Å². The van der Waals surface area contributed by atoms with Crippen LogP contribution in [0.25, 0.3) is 0 Å². The summed E-state index contributed by atoms with van der Waals surface area (Å²) in [6.45, 7) is 8.67. The molecule has 1 heteroatoms. The van der Waals surface area contributed by atoms with Crippen LogP contribution in [-0.2, 0) is 0 Å². The Morgan fingerprint density at radius 2 is 1.82 bits per heavy atom. The van der Waals surface area contributed by atoms with E-state index in [1.807, 2.05) is 0 Å². The molecule has 1 atom stereocenters. The molecule has 0 fully saturated rings. The fourth-order valence-electron chi connectivity index (χ4n) is 1.25. The first kappa shape index (κ1) is 10.7. The van der Waals surface area contributed by atoms with Crippen molar-refractivity contribution in [3.05, 3.63) is 11.1 Å². The highest BCUT2D eigenvalue weighted by molar-refractivity contribution is 5.10. The largest absolute Gasteiger partial charge is 0.328 e. The Morgan fingerprint density at radius 1 is 1.27 bits per heavy atom. The van der Waals surface area contributed by atoms with E-state index >= 15 is 0 Å². The third-order valence-electron chi connectivity index (χ3n) is 1.98. The molecule has 0 bridgehead atoms. The van der Waals surface area contributed by atoms with E-state index in [9.17, 15) is 0 Å². The summed E-state index contributed by atoms with van der Waals surface area (Å²) in [5, 5.41) is 0. The molecule has 11 heavy (non-hydrogen) atoms. The molecule has 0 aromatic heterocycles. The van der Waals surface area contributed by atoms with E-state index in [4.69, 9.17) is 5.73 Å². The van der Waals surface area contributed by atoms with Gasteiger partial charge >= 0.3 is 0 Å². The van der Waals surface area contributed by atoms with Gasteiger partial charge in [0.2, 0.25) is 0 Å². The summed E-state index contributed by atoms with van der Waals surface area (Å²) in [7, 11) is 0. The van der Waals surface area contributed by atoms with E-state index in [1.165, 1.54) is 24.0 Å². The number of hydrogen-bond donors (Lipinski definition) is 1. The van der Waals surface area contributed by atoms with Gasteiger partial charge in [0, 0.05) is 6.04 Å². The highest BCUT2D eigenvalue weighted by Crippen LogP contribution is 2.13. The van der Waals surface area contributed by atoms with Crippen molar-refractivity contribution in [3.8, 4) is 0 Å². The Balaban J connectivity index is 3.93. The number of hydrogen-bond acceptors (Lipinski definition) is 1. The van der Waals surface area contributed by atoms with Crippen LogP contribution in [0.2, 0.25) is 0 Å². The zero-order valence-electron chi connectivity index (χ0n) is 8.28. The van der Waals surface area contributed by atoms with Crippen LogP contribution in [0.4, 0.5) is 0 Å². The van der Waals surface area contributed by atoms with Crippen molar-refractivity contribution in [2.75, 3.05) is 0 Å². The lowest BCUT2D eigenvalue weighted by molar-refractivity contribution is 0.718. The van der Waals surface area contributed by atoms with E-state index in [1.54, 1.807) is 0 Å².